The molecule has 5 aromatic rings. The molecule has 0 atom stereocenters. The predicted octanol–water partition coefficient (Wildman–Crippen LogP) is 5.54. The zero-order valence-electron chi connectivity index (χ0n) is 21.4. The van der Waals surface area contributed by atoms with E-state index in [9.17, 15) is 14.7 Å². The van der Waals surface area contributed by atoms with Crippen molar-refractivity contribution >= 4 is 46.3 Å². The highest BCUT2D eigenvalue weighted by Crippen LogP contribution is 2.25. The number of anilines is 3. The minimum atomic E-state index is -0.321. The number of phenolic OH excluding ortho intramolecular Hbond substituents is 1. The van der Waals surface area contributed by atoms with Gasteiger partial charge in [0.15, 0.2) is 0 Å². The molecule has 202 valence electrons. The zero-order chi connectivity index (χ0) is 28.3. The fraction of sp³-hybridized carbons (Fsp3) is 0.0645. The number of aromatic amines is 1. The molecule has 1 aromatic heterocycles. The second kappa shape index (κ2) is 13.3. The van der Waals surface area contributed by atoms with E-state index in [-0.39, 0.29) is 24.0 Å². The maximum atomic E-state index is 13.2. The van der Waals surface area contributed by atoms with Crippen LogP contribution in [0.1, 0.15) is 26.3 Å². The average molecular weight is 537 g/mol. The summed E-state index contributed by atoms with van der Waals surface area (Å²) in [6.45, 7) is 0.150. The molecular formula is C31H28N4O5. The fourth-order valence-corrected chi connectivity index (χ4v) is 4.17. The summed E-state index contributed by atoms with van der Waals surface area (Å²) in [6, 6.07) is 28.9. The van der Waals surface area contributed by atoms with E-state index in [4.69, 9.17) is 9.90 Å². The minimum Gasteiger partial charge on any atom is -0.508 e. The van der Waals surface area contributed by atoms with Crippen molar-refractivity contribution in [3.8, 4) is 5.75 Å². The van der Waals surface area contributed by atoms with E-state index in [1.165, 1.54) is 0 Å². The van der Waals surface area contributed by atoms with Crippen LogP contribution in [0.15, 0.2) is 103 Å². The molecule has 0 bridgehead atoms. The Morgan fingerprint density at radius 1 is 0.825 bits per heavy atom. The molecule has 2 amide bonds. The number of para-hydroxylation sites is 2. The van der Waals surface area contributed by atoms with Gasteiger partial charge in [0.05, 0.1) is 11.3 Å². The summed E-state index contributed by atoms with van der Waals surface area (Å²) in [4.78, 5) is 37.7. The Balaban J connectivity index is 0.00000118. The lowest BCUT2D eigenvalue weighted by atomic mass is 10.1. The molecule has 40 heavy (non-hydrogen) atoms. The highest BCUT2D eigenvalue weighted by atomic mass is 16.3. The first-order chi connectivity index (χ1) is 19.5. The van der Waals surface area contributed by atoms with Gasteiger partial charge in [-0.05, 0) is 72.6 Å². The van der Waals surface area contributed by atoms with Crippen LogP contribution in [0.25, 0.3) is 10.9 Å². The van der Waals surface area contributed by atoms with Crippen LogP contribution in [0.4, 0.5) is 17.1 Å². The summed E-state index contributed by atoms with van der Waals surface area (Å²) in [5.74, 6) is -0.400. The van der Waals surface area contributed by atoms with E-state index in [1.807, 2.05) is 72.9 Å². The summed E-state index contributed by atoms with van der Waals surface area (Å²) in [7, 11) is 0. The number of carbonyl (C=O) groups is 3. The summed E-state index contributed by atoms with van der Waals surface area (Å²) in [5, 5.41) is 26.7. The molecule has 0 fully saturated rings. The number of hydrogen-bond acceptors (Lipinski definition) is 5. The molecule has 0 aliphatic rings. The van der Waals surface area contributed by atoms with E-state index in [0.717, 1.165) is 22.2 Å². The number of aromatic nitrogens is 1. The number of H-pyrrole nitrogens is 1. The van der Waals surface area contributed by atoms with Crippen molar-refractivity contribution in [3.05, 3.63) is 120 Å². The Labute approximate surface area is 230 Å². The number of rotatable bonds is 8. The number of hydrogen-bond donors (Lipinski definition) is 6. The molecule has 5 rings (SSSR count). The summed E-state index contributed by atoms with van der Waals surface area (Å²) >= 11 is 0. The average Bonchev–Trinajstić information content (AvgIpc) is 3.36. The Kier molecular flexibility index (Phi) is 9.13. The third kappa shape index (κ3) is 7.05. The van der Waals surface area contributed by atoms with Crippen molar-refractivity contribution in [1.29, 1.82) is 0 Å². The minimum absolute atomic E-state index is 0.197. The van der Waals surface area contributed by atoms with Crippen molar-refractivity contribution in [2.75, 3.05) is 17.2 Å². The van der Waals surface area contributed by atoms with Crippen LogP contribution in [-0.4, -0.2) is 40.0 Å². The van der Waals surface area contributed by atoms with Gasteiger partial charge in [-0.15, -0.1) is 0 Å². The molecule has 0 radical (unpaired) electrons. The lowest BCUT2D eigenvalue weighted by Gasteiger charge is -2.14. The molecular weight excluding hydrogens is 508 g/mol. The normalized spacial score (nSPS) is 10.2. The van der Waals surface area contributed by atoms with Crippen LogP contribution < -0.4 is 16.0 Å². The standard InChI is InChI=1S/C30H26N4O3.CH2O2/c35-24-12-14-27-25(18-24)21(19-32-27)15-16-31-29(36)20-11-13-28(33-22-7-3-1-4-8-22)26(17-20)30(37)34-23-9-5-2-6-10-23;2-1-3/h1-14,17-19,32-33,35H,15-16H2,(H,31,36)(H,34,37);1H,(H,2,3). The van der Waals surface area contributed by atoms with Gasteiger partial charge in [0.2, 0.25) is 0 Å². The summed E-state index contributed by atoms with van der Waals surface area (Å²) in [6.07, 6.45) is 2.47. The Morgan fingerprint density at radius 2 is 1.50 bits per heavy atom. The van der Waals surface area contributed by atoms with Crippen molar-refractivity contribution in [3.63, 3.8) is 0 Å². The second-order valence-corrected chi connectivity index (χ2v) is 8.73. The van der Waals surface area contributed by atoms with Gasteiger partial charge in [-0.1, -0.05) is 36.4 Å². The van der Waals surface area contributed by atoms with E-state index < -0.39 is 0 Å². The number of phenols is 1. The largest absolute Gasteiger partial charge is 0.508 e. The van der Waals surface area contributed by atoms with Gasteiger partial charge in [-0.25, -0.2) is 0 Å². The molecule has 9 heteroatoms. The van der Waals surface area contributed by atoms with Crippen LogP contribution in [0.2, 0.25) is 0 Å². The van der Waals surface area contributed by atoms with Crippen LogP contribution in [0.5, 0.6) is 5.75 Å². The van der Waals surface area contributed by atoms with E-state index in [2.05, 4.69) is 20.9 Å². The molecule has 0 saturated heterocycles. The number of amides is 2. The van der Waals surface area contributed by atoms with Crippen molar-refractivity contribution < 1.29 is 24.6 Å². The molecule has 0 aliphatic carbocycles. The SMILES string of the molecule is O=C(NCCc1c[nH]c2ccc(O)cc12)c1ccc(Nc2ccccc2)c(C(=O)Nc2ccccc2)c1.O=CO. The van der Waals surface area contributed by atoms with E-state index in [1.54, 1.807) is 30.3 Å². The first kappa shape index (κ1) is 27.5. The first-order valence-corrected chi connectivity index (χ1v) is 12.5. The van der Waals surface area contributed by atoms with Gasteiger partial charge < -0.3 is 31.1 Å². The maximum Gasteiger partial charge on any atom is 0.290 e. The highest BCUT2D eigenvalue weighted by molar-refractivity contribution is 6.10. The van der Waals surface area contributed by atoms with Gasteiger partial charge >= 0.3 is 0 Å². The van der Waals surface area contributed by atoms with Crippen molar-refractivity contribution in [2.45, 2.75) is 6.42 Å². The Bertz CT molecular complexity index is 1600. The Morgan fingerprint density at radius 3 is 2.20 bits per heavy atom. The maximum absolute atomic E-state index is 13.2. The molecule has 0 spiro atoms. The predicted molar refractivity (Wildman–Crippen MR) is 155 cm³/mol. The van der Waals surface area contributed by atoms with Gasteiger partial charge in [0.25, 0.3) is 18.3 Å². The molecule has 0 aliphatic heterocycles. The van der Waals surface area contributed by atoms with Crippen molar-refractivity contribution in [2.24, 2.45) is 0 Å². The molecule has 1 heterocycles. The quantitative estimate of drug-likeness (QED) is 0.144. The zero-order valence-corrected chi connectivity index (χ0v) is 21.4. The summed E-state index contributed by atoms with van der Waals surface area (Å²) < 4.78 is 0. The lowest BCUT2D eigenvalue weighted by molar-refractivity contribution is -0.122. The highest BCUT2D eigenvalue weighted by Gasteiger charge is 2.16. The van der Waals surface area contributed by atoms with Crippen molar-refractivity contribution in [1.82, 2.24) is 10.3 Å². The number of benzene rings is 4. The number of carboxylic acid groups (broad SMARTS) is 1. The monoisotopic (exact) mass is 536 g/mol. The topological polar surface area (TPSA) is 144 Å². The number of carbonyl (C=O) groups excluding carboxylic acids is 2. The second-order valence-electron chi connectivity index (χ2n) is 8.73. The number of nitrogens with one attached hydrogen (secondary N) is 4. The van der Waals surface area contributed by atoms with Crippen LogP contribution >= 0.6 is 0 Å². The smallest absolute Gasteiger partial charge is 0.290 e. The Hall–Kier alpha value is -5.57. The third-order valence-corrected chi connectivity index (χ3v) is 6.04. The lowest BCUT2D eigenvalue weighted by Crippen LogP contribution is -2.26. The van der Waals surface area contributed by atoms with Gasteiger partial charge in [-0.3, -0.25) is 14.4 Å². The molecule has 6 N–H and O–H groups in total. The third-order valence-electron chi connectivity index (χ3n) is 6.04. The molecule has 4 aromatic carbocycles. The van der Waals surface area contributed by atoms with Crippen LogP contribution in [0.3, 0.4) is 0 Å². The number of aromatic hydroxyl groups is 1. The van der Waals surface area contributed by atoms with E-state index >= 15 is 0 Å². The summed E-state index contributed by atoms with van der Waals surface area (Å²) in [5.41, 5.74) is 4.75. The molecule has 0 saturated carbocycles. The van der Waals surface area contributed by atoms with E-state index in [0.29, 0.717) is 35.5 Å². The van der Waals surface area contributed by atoms with Gasteiger partial charge in [-0.2, -0.15) is 0 Å². The first-order valence-electron chi connectivity index (χ1n) is 12.5. The fourth-order valence-electron chi connectivity index (χ4n) is 4.17. The van der Waals surface area contributed by atoms with Crippen LogP contribution in [0, 0.1) is 0 Å². The van der Waals surface area contributed by atoms with Crippen LogP contribution in [-0.2, 0) is 11.2 Å². The molecule has 9 nitrogen and oxygen atoms in total. The van der Waals surface area contributed by atoms with Gasteiger partial charge in [0, 0.05) is 40.6 Å². The molecule has 0 unspecified atom stereocenters. The number of fused-ring (bicyclic) bond motifs is 1. The van der Waals surface area contributed by atoms with Gasteiger partial charge in [0.1, 0.15) is 5.75 Å².